The van der Waals surface area contributed by atoms with E-state index in [4.69, 9.17) is 4.74 Å². The highest BCUT2D eigenvalue weighted by atomic mass is 127. The van der Waals surface area contributed by atoms with Gasteiger partial charge in [-0.25, -0.2) is 9.67 Å². The van der Waals surface area contributed by atoms with Crippen LogP contribution in [0.4, 0.5) is 13.2 Å². The van der Waals surface area contributed by atoms with Gasteiger partial charge in [-0.15, -0.1) is 35.3 Å². The number of aromatic nitrogens is 3. The molecular formula is C19H22F3IN6OS. The van der Waals surface area contributed by atoms with Crippen LogP contribution >= 0.6 is 35.3 Å². The van der Waals surface area contributed by atoms with Crippen LogP contribution in [-0.2, 0) is 19.1 Å². The lowest BCUT2D eigenvalue weighted by Crippen LogP contribution is -2.38. The molecule has 2 N–H and O–H groups in total. The zero-order valence-corrected chi connectivity index (χ0v) is 20.0. The number of hydrogen-bond acceptors (Lipinski definition) is 5. The Hall–Kier alpha value is -2.35. The Labute approximate surface area is 198 Å². The SMILES string of the molecule is CN=C(NCCc1nc(C(F)(F)F)cs1)NCc1ccn(-c2ccc(OC)cc2)n1.I. The van der Waals surface area contributed by atoms with Crippen LogP contribution in [0.3, 0.4) is 0 Å². The molecule has 0 fully saturated rings. The van der Waals surface area contributed by atoms with E-state index in [1.807, 2.05) is 36.5 Å². The lowest BCUT2D eigenvalue weighted by molar-refractivity contribution is -0.140. The van der Waals surface area contributed by atoms with Crippen LogP contribution in [0.15, 0.2) is 46.9 Å². The van der Waals surface area contributed by atoms with Crippen molar-refractivity contribution in [3.8, 4) is 11.4 Å². The number of hydrogen-bond donors (Lipinski definition) is 2. The van der Waals surface area contributed by atoms with E-state index in [2.05, 4.69) is 25.7 Å². The molecule has 0 amide bonds. The van der Waals surface area contributed by atoms with Gasteiger partial charge in [0.15, 0.2) is 11.7 Å². The maximum atomic E-state index is 12.6. The van der Waals surface area contributed by atoms with E-state index in [1.54, 1.807) is 18.8 Å². The van der Waals surface area contributed by atoms with Gasteiger partial charge in [0.25, 0.3) is 0 Å². The summed E-state index contributed by atoms with van der Waals surface area (Å²) in [6, 6.07) is 9.43. The number of nitrogens with zero attached hydrogens (tertiary/aromatic N) is 4. The summed E-state index contributed by atoms with van der Waals surface area (Å²) in [5, 5.41) is 12.2. The molecule has 3 rings (SSSR count). The zero-order valence-electron chi connectivity index (χ0n) is 16.8. The molecule has 0 aliphatic heterocycles. The zero-order chi connectivity index (χ0) is 21.6. The van der Waals surface area contributed by atoms with Crippen molar-refractivity contribution in [1.82, 2.24) is 25.4 Å². The predicted octanol–water partition coefficient (Wildman–Crippen LogP) is 3.88. The number of guanidine groups is 1. The van der Waals surface area contributed by atoms with Gasteiger partial charge < -0.3 is 15.4 Å². The quantitative estimate of drug-likeness (QED) is 0.258. The third-order valence-corrected chi connectivity index (χ3v) is 5.02. The number of nitrogens with one attached hydrogen (secondary N) is 2. The molecule has 0 bridgehead atoms. The number of halogens is 4. The van der Waals surface area contributed by atoms with Crippen LogP contribution in [0, 0.1) is 0 Å². The Kier molecular flexibility index (Phi) is 9.10. The average Bonchev–Trinajstić information content (AvgIpc) is 3.40. The number of alkyl halides is 3. The Bertz CT molecular complexity index is 987. The molecule has 168 valence electrons. The topological polar surface area (TPSA) is 76.4 Å². The van der Waals surface area contributed by atoms with E-state index in [0.717, 1.165) is 33.8 Å². The fraction of sp³-hybridized carbons (Fsp3) is 0.316. The second-order valence-electron chi connectivity index (χ2n) is 6.18. The first kappa shape index (κ1) is 24.9. The first-order chi connectivity index (χ1) is 14.4. The van der Waals surface area contributed by atoms with Crippen molar-refractivity contribution in [2.75, 3.05) is 20.7 Å². The molecule has 2 aromatic heterocycles. The van der Waals surface area contributed by atoms with Crippen molar-refractivity contribution < 1.29 is 17.9 Å². The minimum absolute atomic E-state index is 0. The summed E-state index contributed by atoms with van der Waals surface area (Å²) < 4.78 is 44.7. The number of benzene rings is 1. The number of thiazole rings is 1. The summed E-state index contributed by atoms with van der Waals surface area (Å²) in [5.41, 5.74) is 0.868. The number of aliphatic imine (C=N–C) groups is 1. The molecule has 0 radical (unpaired) electrons. The normalized spacial score (nSPS) is 11.7. The molecule has 0 atom stereocenters. The van der Waals surface area contributed by atoms with Gasteiger partial charge in [-0.2, -0.15) is 18.3 Å². The van der Waals surface area contributed by atoms with Gasteiger partial charge in [0.05, 0.1) is 30.0 Å². The smallest absolute Gasteiger partial charge is 0.434 e. The monoisotopic (exact) mass is 566 g/mol. The largest absolute Gasteiger partial charge is 0.497 e. The van der Waals surface area contributed by atoms with Crippen molar-refractivity contribution >= 4 is 41.3 Å². The molecule has 1 aromatic carbocycles. The van der Waals surface area contributed by atoms with Gasteiger partial charge in [-0.3, -0.25) is 4.99 Å². The Morgan fingerprint density at radius 1 is 1.19 bits per heavy atom. The van der Waals surface area contributed by atoms with Gasteiger partial charge in [0.2, 0.25) is 0 Å². The lowest BCUT2D eigenvalue weighted by Gasteiger charge is -2.10. The summed E-state index contributed by atoms with van der Waals surface area (Å²) in [6.07, 6.45) is -2.18. The Morgan fingerprint density at radius 3 is 2.55 bits per heavy atom. The molecule has 0 spiro atoms. The minimum atomic E-state index is -4.41. The van der Waals surface area contributed by atoms with Gasteiger partial charge >= 0.3 is 6.18 Å². The Morgan fingerprint density at radius 2 is 1.94 bits per heavy atom. The molecule has 0 aliphatic carbocycles. The highest BCUT2D eigenvalue weighted by Gasteiger charge is 2.33. The molecule has 2 heterocycles. The number of ether oxygens (including phenoxy) is 1. The van der Waals surface area contributed by atoms with Gasteiger partial charge in [-0.1, -0.05) is 0 Å². The number of methoxy groups -OCH3 is 1. The summed E-state index contributed by atoms with van der Waals surface area (Å²) in [4.78, 5) is 7.72. The first-order valence-corrected chi connectivity index (χ1v) is 9.92. The van der Waals surface area contributed by atoms with Gasteiger partial charge in [0, 0.05) is 31.6 Å². The second-order valence-corrected chi connectivity index (χ2v) is 7.12. The molecule has 0 aliphatic rings. The summed E-state index contributed by atoms with van der Waals surface area (Å²) in [7, 11) is 3.24. The van der Waals surface area contributed by atoms with Crippen molar-refractivity contribution in [2.24, 2.45) is 4.99 Å². The number of rotatable bonds is 7. The van der Waals surface area contributed by atoms with E-state index in [1.165, 1.54) is 0 Å². The Balaban J connectivity index is 0.00000341. The molecule has 0 unspecified atom stereocenters. The predicted molar refractivity (Wildman–Crippen MR) is 125 cm³/mol. The third-order valence-electron chi connectivity index (χ3n) is 4.12. The van der Waals surface area contributed by atoms with Crippen LogP contribution < -0.4 is 15.4 Å². The molecule has 31 heavy (non-hydrogen) atoms. The fourth-order valence-electron chi connectivity index (χ4n) is 2.57. The summed E-state index contributed by atoms with van der Waals surface area (Å²) >= 11 is 0.997. The fourth-order valence-corrected chi connectivity index (χ4v) is 3.38. The maximum absolute atomic E-state index is 12.6. The van der Waals surface area contributed by atoms with Gasteiger partial charge in [0.1, 0.15) is 5.75 Å². The van der Waals surface area contributed by atoms with Crippen LogP contribution in [0.2, 0.25) is 0 Å². The van der Waals surface area contributed by atoms with Crippen molar-refractivity contribution in [2.45, 2.75) is 19.1 Å². The van der Waals surface area contributed by atoms with Gasteiger partial charge in [-0.05, 0) is 30.3 Å². The maximum Gasteiger partial charge on any atom is 0.434 e. The standard InChI is InChI=1S/C19H21F3N6OS.HI/c1-23-18(24-9-7-17-26-16(12-30-17)19(20,21)22)25-11-13-8-10-28(27-13)14-3-5-15(29-2)6-4-14;/h3-6,8,10,12H,7,9,11H2,1-2H3,(H2,23,24,25);1H. The van der Waals surface area contributed by atoms with Crippen LogP contribution in [-0.4, -0.2) is 41.4 Å². The highest BCUT2D eigenvalue weighted by Crippen LogP contribution is 2.30. The van der Waals surface area contributed by atoms with Crippen molar-refractivity contribution in [3.05, 3.63) is 58.3 Å². The molecule has 12 heteroatoms. The molecular weight excluding hydrogens is 544 g/mol. The summed E-state index contributed by atoms with van der Waals surface area (Å²) in [6.45, 7) is 0.850. The minimum Gasteiger partial charge on any atom is -0.497 e. The van der Waals surface area contributed by atoms with Crippen molar-refractivity contribution in [1.29, 1.82) is 0 Å². The molecule has 7 nitrogen and oxygen atoms in total. The van der Waals surface area contributed by atoms with Crippen LogP contribution in [0.1, 0.15) is 16.4 Å². The average molecular weight is 566 g/mol. The van der Waals surface area contributed by atoms with E-state index in [0.29, 0.717) is 30.5 Å². The second kappa shape index (κ2) is 11.3. The van der Waals surface area contributed by atoms with E-state index >= 15 is 0 Å². The third kappa shape index (κ3) is 7.09. The van der Waals surface area contributed by atoms with Crippen LogP contribution in [0.25, 0.3) is 5.69 Å². The van der Waals surface area contributed by atoms with Crippen molar-refractivity contribution in [3.63, 3.8) is 0 Å². The molecule has 3 aromatic rings. The van der Waals surface area contributed by atoms with E-state index < -0.39 is 11.9 Å². The molecule has 0 saturated heterocycles. The van der Waals surface area contributed by atoms with E-state index in [-0.39, 0.29) is 24.0 Å². The lowest BCUT2D eigenvalue weighted by atomic mass is 10.3. The van der Waals surface area contributed by atoms with Crippen LogP contribution in [0.5, 0.6) is 5.75 Å². The highest BCUT2D eigenvalue weighted by molar-refractivity contribution is 14.0. The van der Waals surface area contributed by atoms with E-state index in [9.17, 15) is 13.2 Å². The first-order valence-electron chi connectivity index (χ1n) is 9.04. The summed E-state index contributed by atoms with van der Waals surface area (Å²) in [5.74, 6) is 1.30. The molecule has 0 saturated carbocycles.